The van der Waals surface area contributed by atoms with Gasteiger partial charge in [0.25, 0.3) is 0 Å². The molecule has 0 radical (unpaired) electrons. The number of benzene rings is 1. The zero-order valence-corrected chi connectivity index (χ0v) is 13.7. The molecule has 0 amide bonds. The van der Waals surface area contributed by atoms with Crippen molar-refractivity contribution in [1.29, 1.82) is 0 Å². The highest BCUT2D eigenvalue weighted by Crippen LogP contribution is 2.24. The van der Waals surface area contributed by atoms with Gasteiger partial charge in [-0.05, 0) is 51.2 Å². The number of hydrogen-bond acceptors (Lipinski definition) is 4. The van der Waals surface area contributed by atoms with E-state index in [1.54, 1.807) is 19.9 Å². The molecule has 1 atom stereocenters. The van der Waals surface area contributed by atoms with E-state index in [2.05, 4.69) is 4.72 Å². The Bertz CT molecular complexity index is 573. The zero-order valence-electron chi connectivity index (χ0n) is 12.1. The van der Waals surface area contributed by atoms with Gasteiger partial charge in [0.2, 0.25) is 10.0 Å². The van der Waals surface area contributed by atoms with Gasteiger partial charge in [0.05, 0.1) is 11.5 Å². The Labute approximate surface area is 125 Å². The zero-order chi connectivity index (χ0) is 15.5. The number of rotatable bonds is 6. The molecule has 0 aliphatic carbocycles. The van der Waals surface area contributed by atoms with Crippen LogP contribution >= 0.6 is 11.6 Å². The Morgan fingerprint density at radius 1 is 1.40 bits per heavy atom. The molecule has 1 aromatic rings. The molecule has 0 aliphatic heterocycles. The lowest BCUT2D eigenvalue weighted by Gasteiger charge is -2.19. The fourth-order valence-corrected chi connectivity index (χ4v) is 3.92. The van der Waals surface area contributed by atoms with Crippen molar-refractivity contribution in [1.82, 2.24) is 9.62 Å². The van der Waals surface area contributed by atoms with Crippen molar-refractivity contribution in [2.24, 2.45) is 0 Å². The molecular weight excluding hydrogens is 300 g/mol. The summed E-state index contributed by atoms with van der Waals surface area (Å²) in [7, 11) is 0.0855. The first-order chi connectivity index (χ1) is 9.17. The molecule has 7 heteroatoms. The third-order valence-corrected chi connectivity index (χ3v) is 4.82. The van der Waals surface area contributed by atoms with Crippen LogP contribution in [0.1, 0.15) is 18.1 Å². The molecule has 0 heterocycles. The quantitative estimate of drug-likeness (QED) is 0.830. The molecule has 0 aromatic heterocycles. The first-order valence-corrected chi connectivity index (χ1v) is 8.10. The minimum atomic E-state index is -3.66. The van der Waals surface area contributed by atoms with Crippen LogP contribution in [-0.4, -0.2) is 45.1 Å². The Hall–Kier alpha value is -0.660. The molecule has 0 saturated carbocycles. The maximum atomic E-state index is 12.4. The Morgan fingerprint density at radius 2 is 2.00 bits per heavy atom. The topological polar surface area (TPSA) is 69.6 Å². The summed E-state index contributed by atoms with van der Waals surface area (Å²) in [6.45, 7) is 3.80. The van der Waals surface area contributed by atoms with Gasteiger partial charge in [-0.15, -0.1) is 0 Å². The number of sulfonamides is 1. The largest absolute Gasteiger partial charge is 0.392 e. The fourth-order valence-electron chi connectivity index (χ4n) is 2.06. The van der Waals surface area contributed by atoms with Crippen molar-refractivity contribution < 1.29 is 13.5 Å². The van der Waals surface area contributed by atoms with E-state index in [0.717, 1.165) is 0 Å². The highest BCUT2D eigenvalue weighted by molar-refractivity contribution is 7.89. The average Bonchev–Trinajstić information content (AvgIpc) is 2.29. The molecule has 1 aromatic carbocycles. The number of halogens is 1. The normalized spacial score (nSPS) is 13.8. The lowest BCUT2D eigenvalue weighted by molar-refractivity contribution is 0.280. The van der Waals surface area contributed by atoms with Crippen molar-refractivity contribution in [3.63, 3.8) is 0 Å². The van der Waals surface area contributed by atoms with Crippen LogP contribution in [0.25, 0.3) is 0 Å². The van der Waals surface area contributed by atoms with Gasteiger partial charge in [0.15, 0.2) is 0 Å². The molecule has 0 saturated heterocycles. The minimum Gasteiger partial charge on any atom is -0.392 e. The third kappa shape index (κ3) is 4.43. The minimum absolute atomic E-state index is 0.111. The Balaban J connectivity index is 3.13. The first kappa shape index (κ1) is 17.4. The highest BCUT2D eigenvalue weighted by atomic mass is 35.5. The molecule has 5 nitrogen and oxygen atoms in total. The maximum absolute atomic E-state index is 12.4. The molecular formula is C13H21ClN2O3S. The number of aliphatic hydroxyl groups is 1. The third-order valence-electron chi connectivity index (χ3n) is 2.89. The smallest absolute Gasteiger partial charge is 0.241 e. The van der Waals surface area contributed by atoms with Gasteiger partial charge in [0.1, 0.15) is 0 Å². The predicted octanol–water partition coefficient (Wildman–Crippen LogP) is 1.37. The highest BCUT2D eigenvalue weighted by Gasteiger charge is 2.22. The lowest BCUT2D eigenvalue weighted by atomic mass is 10.1. The van der Waals surface area contributed by atoms with Gasteiger partial charge < -0.3 is 10.0 Å². The van der Waals surface area contributed by atoms with Gasteiger partial charge in [0, 0.05) is 17.6 Å². The summed E-state index contributed by atoms with van der Waals surface area (Å²) in [4.78, 5) is 2.01. The van der Waals surface area contributed by atoms with E-state index in [9.17, 15) is 13.5 Å². The molecule has 20 heavy (non-hydrogen) atoms. The maximum Gasteiger partial charge on any atom is 0.241 e. The van der Waals surface area contributed by atoms with Crippen molar-refractivity contribution in [2.45, 2.75) is 31.4 Å². The van der Waals surface area contributed by atoms with Crippen LogP contribution in [0, 0.1) is 6.92 Å². The summed E-state index contributed by atoms with van der Waals surface area (Å²) in [6, 6.07) is 2.74. The molecule has 114 valence electrons. The summed E-state index contributed by atoms with van der Waals surface area (Å²) in [6.07, 6.45) is 0. The second-order valence-corrected chi connectivity index (χ2v) is 7.25. The van der Waals surface area contributed by atoms with E-state index < -0.39 is 10.0 Å². The molecule has 0 fully saturated rings. The number of aliphatic hydroxyl groups excluding tert-OH is 1. The first-order valence-electron chi connectivity index (χ1n) is 6.24. The number of nitrogens with zero attached hydrogens (tertiary/aromatic N) is 1. The predicted molar refractivity (Wildman–Crippen MR) is 80.4 cm³/mol. The van der Waals surface area contributed by atoms with Gasteiger partial charge >= 0.3 is 0 Å². The molecule has 0 aliphatic rings. The van der Waals surface area contributed by atoms with Gasteiger partial charge in [-0.2, -0.15) is 0 Å². The van der Waals surface area contributed by atoms with E-state index in [4.69, 9.17) is 11.6 Å². The van der Waals surface area contributed by atoms with Crippen LogP contribution in [0.15, 0.2) is 17.0 Å². The van der Waals surface area contributed by atoms with E-state index in [-0.39, 0.29) is 17.5 Å². The second kappa shape index (κ2) is 6.87. The molecule has 0 spiro atoms. The monoisotopic (exact) mass is 320 g/mol. The summed E-state index contributed by atoms with van der Waals surface area (Å²) in [5, 5.41) is 9.55. The summed E-state index contributed by atoms with van der Waals surface area (Å²) in [5.41, 5.74) is 1.03. The number of nitrogens with one attached hydrogen (secondary N) is 1. The van der Waals surface area contributed by atoms with Crippen LogP contribution in [-0.2, 0) is 16.6 Å². The van der Waals surface area contributed by atoms with E-state index in [1.165, 1.54) is 6.07 Å². The summed E-state index contributed by atoms with van der Waals surface area (Å²) >= 11 is 5.92. The van der Waals surface area contributed by atoms with Gasteiger partial charge in [-0.3, -0.25) is 0 Å². The Morgan fingerprint density at radius 3 is 2.50 bits per heavy atom. The van der Waals surface area contributed by atoms with Crippen molar-refractivity contribution >= 4 is 21.6 Å². The van der Waals surface area contributed by atoms with E-state index >= 15 is 0 Å². The van der Waals surface area contributed by atoms with Crippen LogP contribution in [0.2, 0.25) is 5.02 Å². The summed E-state index contributed by atoms with van der Waals surface area (Å²) in [5.74, 6) is 0. The van der Waals surface area contributed by atoms with Crippen LogP contribution in [0.4, 0.5) is 0 Å². The second-order valence-electron chi connectivity index (χ2n) is 5.13. The molecule has 1 unspecified atom stereocenters. The van der Waals surface area contributed by atoms with Crippen molar-refractivity contribution in [2.75, 3.05) is 20.6 Å². The van der Waals surface area contributed by atoms with Crippen molar-refractivity contribution in [3.05, 3.63) is 28.3 Å². The van der Waals surface area contributed by atoms with E-state index in [1.807, 2.05) is 19.0 Å². The van der Waals surface area contributed by atoms with Crippen LogP contribution < -0.4 is 4.72 Å². The van der Waals surface area contributed by atoms with Crippen LogP contribution in [0.5, 0.6) is 0 Å². The van der Waals surface area contributed by atoms with Gasteiger partial charge in [-0.25, -0.2) is 13.1 Å². The van der Waals surface area contributed by atoms with Gasteiger partial charge in [-0.1, -0.05) is 11.6 Å². The molecule has 0 bridgehead atoms. The Kier molecular flexibility index (Phi) is 5.97. The van der Waals surface area contributed by atoms with Crippen molar-refractivity contribution in [3.8, 4) is 0 Å². The average molecular weight is 321 g/mol. The number of likely N-dealkylation sites (N-methyl/N-ethyl adjacent to an activating group) is 1. The lowest BCUT2D eigenvalue weighted by Crippen LogP contribution is -2.39. The molecule has 1 rings (SSSR count). The number of hydrogen-bond donors (Lipinski definition) is 2. The SMILES string of the molecule is Cc1c(CO)cc(Cl)cc1S(=O)(=O)NC(C)CN(C)C. The molecule has 2 N–H and O–H groups in total. The summed E-state index contributed by atoms with van der Waals surface area (Å²) < 4.78 is 27.4. The van der Waals surface area contributed by atoms with E-state index in [0.29, 0.717) is 22.7 Å². The fraction of sp³-hybridized carbons (Fsp3) is 0.538. The van der Waals surface area contributed by atoms with Crippen LogP contribution in [0.3, 0.4) is 0 Å². The standard InChI is InChI=1S/C13H21ClN2O3S/c1-9(7-16(3)4)15-20(18,19)13-6-12(14)5-11(8-17)10(13)2/h5-6,9,15,17H,7-8H2,1-4H3.